The molecule has 0 bridgehead atoms. The summed E-state index contributed by atoms with van der Waals surface area (Å²) in [5.74, 6) is -1.27. The summed E-state index contributed by atoms with van der Waals surface area (Å²) < 4.78 is 38.5. The van der Waals surface area contributed by atoms with E-state index in [1.807, 2.05) is 6.07 Å². The molecule has 1 fully saturated rings. The number of nitrogens with zero attached hydrogens (tertiary/aromatic N) is 2. The molecule has 1 unspecified atom stereocenters. The van der Waals surface area contributed by atoms with Crippen LogP contribution in [-0.2, 0) is 19.6 Å². The lowest BCUT2D eigenvalue weighted by Crippen LogP contribution is -2.32. The third-order valence-electron chi connectivity index (χ3n) is 5.52. The molecule has 1 aliphatic rings. The second kappa shape index (κ2) is 11.1. The zero-order valence-corrected chi connectivity index (χ0v) is 19.9. The van der Waals surface area contributed by atoms with Gasteiger partial charge < -0.3 is 14.8 Å². The van der Waals surface area contributed by atoms with Crippen LogP contribution in [0.3, 0.4) is 0 Å². The highest BCUT2D eigenvalue weighted by molar-refractivity contribution is 7.89. The van der Waals surface area contributed by atoms with Crippen LogP contribution in [0.15, 0.2) is 47.4 Å². The lowest BCUT2D eigenvalue weighted by atomic mass is 10.2. The van der Waals surface area contributed by atoms with Gasteiger partial charge >= 0.3 is 5.97 Å². The molecule has 0 radical (unpaired) electrons. The summed E-state index contributed by atoms with van der Waals surface area (Å²) in [6, 6.07) is 12.2. The van der Waals surface area contributed by atoms with Gasteiger partial charge in [0.15, 0.2) is 6.10 Å². The number of hydrogen-bond acceptors (Lipinski definition) is 7. The van der Waals surface area contributed by atoms with Crippen LogP contribution in [0.5, 0.6) is 5.75 Å². The number of hydrogen-bond donors (Lipinski definition) is 1. The van der Waals surface area contributed by atoms with Crippen LogP contribution in [-0.4, -0.2) is 50.9 Å². The first-order valence-electron chi connectivity index (χ1n) is 11.0. The number of esters is 1. The van der Waals surface area contributed by atoms with E-state index in [1.54, 1.807) is 24.3 Å². The SMILES string of the molecule is COc1ccc(C(=O)OC(C)C(=O)Nc2ccc(C#N)cc2)cc1S(=O)(=O)N1CCCCCC1. The zero-order valence-electron chi connectivity index (χ0n) is 19.1. The molecule has 1 atom stereocenters. The Morgan fingerprint density at radius 3 is 2.29 bits per heavy atom. The molecule has 1 aliphatic heterocycles. The van der Waals surface area contributed by atoms with Gasteiger partial charge in [-0.1, -0.05) is 12.8 Å². The fourth-order valence-electron chi connectivity index (χ4n) is 3.58. The number of nitrogens with one attached hydrogen (secondary N) is 1. The van der Waals surface area contributed by atoms with E-state index in [4.69, 9.17) is 14.7 Å². The summed E-state index contributed by atoms with van der Waals surface area (Å²) in [7, 11) is -2.51. The fourth-order valence-corrected chi connectivity index (χ4v) is 5.28. The third-order valence-corrected chi connectivity index (χ3v) is 7.44. The summed E-state index contributed by atoms with van der Waals surface area (Å²) in [6.07, 6.45) is 2.34. The molecule has 0 aromatic heterocycles. The van der Waals surface area contributed by atoms with Crippen LogP contribution < -0.4 is 10.1 Å². The number of nitriles is 1. The van der Waals surface area contributed by atoms with Crippen molar-refractivity contribution in [3.63, 3.8) is 0 Å². The van der Waals surface area contributed by atoms with Crippen molar-refractivity contribution in [2.24, 2.45) is 0 Å². The van der Waals surface area contributed by atoms with Gasteiger partial charge in [0.05, 0.1) is 24.3 Å². The molecule has 2 aromatic rings. The Labute approximate surface area is 199 Å². The largest absolute Gasteiger partial charge is 0.495 e. The average molecular weight is 486 g/mol. The first-order valence-corrected chi connectivity index (χ1v) is 12.4. The fraction of sp³-hybridized carbons (Fsp3) is 0.375. The number of rotatable bonds is 7. The molecular weight excluding hydrogens is 458 g/mol. The van der Waals surface area contributed by atoms with Crippen molar-refractivity contribution in [3.05, 3.63) is 53.6 Å². The minimum atomic E-state index is -3.88. The first-order chi connectivity index (χ1) is 16.3. The lowest BCUT2D eigenvalue weighted by Gasteiger charge is -2.21. The second-order valence-corrected chi connectivity index (χ2v) is 9.82. The first kappa shape index (κ1) is 25.2. The minimum Gasteiger partial charge on any atom is -0.495 e. The van der Waals surface area contributed by atoms with Crippen LogP contribution >= 0.6 is 0 Å². The predicted molar refractivity (Wildman–Crippen MR) is 125 cm³/mol. The molecule has 3 rings (SSSR count). The average Bonchev–Trinajstić information content (AvgIpc) is 3.14. The van der Waals surface area contributed by atoms with Gasteiger partial charge in [0.25, 0.3) is 5.91 Å². The summed E-state index contributed by atoms with van der Waals surface area (Å²) >= 11 is 0. The van der Waals surface area contributed by atoms with Gasteiger partial charge in [-0.05, 0) is 62.2 Å². The standard InChI is InChI=1S/C24H27N3O6S/c1-17(23(28)26-20-10-7-18(16-25)8-11-20)33-24(29)19-9-12-21(32-2)22(15-19)34(30,31)27-13-5-3-4-6-14-27/h7-12,15,17H,3-6,13-14H2,1-2H3,(H,26,28). The Bertz CT molecular complexity index is 1180. The molecule has 1 amide bonds. The van der Waals surface area contributed by atoms with E-state index in [0.717, 1.165) is 25.7 Å². The monoisotopic (exact) mass is 485 g/mol. The van der Waals surface area contributed by atoms with Gasteiger partial charge in [0, 0.05) is 18.8 Å². The van der Waals surface area contributed by atoms with Gasteiger partial charge in [-0.3, -0.25) is 4.79 Å². The van der Waals surface area contributed by atoms with Crippen LogP contribution in [0.2, 0.25) is 0 Å². The molecule has 10 heteroatoms. The van der Waals surface area contributed by atoms with Gasteiger partial charge in [0.1, 0.15) is 10.6 Å². The summed E-state index contributed by atoms with van der Waals surface area (Å²) in [5.41, 5.74) is 0.886. The molecule has 9 nitrogen and oxygen atoms in total. The highest BCUT2D eigenvalue weighted by atomic mass is 32.2. The van der Waals surface area contributed by atoms with E-state index in [9.17, 15) is 18.0 Å². The molecule has 1 N–H and O–H groups in total. The van der Waals surface area contributed by atoms with E-state index in [1.165, 1.54) is 36.5 Å². The number of methoxy groups -OCH3 is 1. The van der Waals surface area contributed by atoms with Crippen molar-refractivity contribution in [2.75, 3.05) is 25.5 Å². The summed E-state index contributed by atoms with van der Waals surface area (Å²) in [5, 5.41) is 11.5. The number of anilines is 1. The second-order valence-electron chi connectivity index (χ2n) is 7.91. The number of amides is 1. The van der Waals surface area contributed by atoms with Gasteiger partial charge in [-0.15, -0.1) is 0 Å². The van der Waals surface area contributed by atoms with Crippen molar-refractivity contribution in [1.29, 1.82) is 5.26 Å². The number of ether oxygens (including phenoxy) is 2. The Hall–Kier alpha value is -3.42. The van der Waals surface area contributed by atoms with Gasteiger partial charge in [-0.25, -0.2) is 13.2 Å². The normalized spacial score (nSPS) is 15.4. The van der Waals surface area contributed by atoms with Crippen LogP contribution in [0, 0.1) is 11.3 Å². The van der Waals surface area contributed by atoms with Crippen LogP contribution in [0.1, 0.15) is 48.5 Å². The van der Waals surface area contributed by atoms with E-state index in [2.05, 4.69) is 5.32 Å². The molecular formula is C24H27N3O6S. The van der Waals surface area contributed by atoms with Crippen molar-refractivity contribution < 1.29 is 27.5 Å². The highest BCUT2D eigenvalue weighted by Crippen LogP contribution is 2.29. The van der Waals surface area contributed by atoms with Crippen LogP contribution in [0.25, 0.3) is 0 Å². The minimum absolute atomic E-state index is 0.00720. The number of benzene rings is 2. The van der Waals surface area contributed by atoms with E-state index < -0.39 is 28.0 Å². The molecule has 180 valence electrons. The third kappa shape index (κ3) is 5.92. The molecule has 2 aromatic carbocycles. The maximum Gasteiger partial charge on any atom is 0.338 e. The highest BCUT2D eigenvalue weighted by Gasteiger charge is 2.30. The summed E-state index contributed by atoms with van der Waals surface area (Å²) in [6.45, 7) is 2.23. The van der Waals surface area contributed by atoms with Crippen molar-refractivity contribution in [3.8, 4) is 11.8 Å². The zero-order chi connectivity index (χ0) is 24.7. The molecule has 34 heavy (non-hydrogen) atoms. The quantitative estimate of drug-likeness (QED) is 0.596. The maximum atomic E-state index is 13.3. The van der Waals surface area contributed by atoms with Crippen molar-refractivity contribution in [1.82, 2.24) is 4.31 Å². The van der Waals surface area contributed by atoms with E-state index in [-0.39, 0.29) is 16.2 Å². The number of carbonyl (C=O) groups excluding carboxylic acids is 2. The van der Waals surface area contributed by atoms with E-state index in [0.29, 0.717) is 24.3 Å². The Morgan fingerprint density at radius 1 is 1.06 bits per heavy atom. The Balaban J connectivity index is 1.75. The number of sulfonamides is 1. The Morgan fingerprint density at radius 2 is 1.71 bits per heavy atom. The molecule has 1 heterocycles. The van der Waals surface area contributed by atoms with Crippen molar-refractivity contribution in [2.45, 2.75) is 43.6 Å². The maximum absolute atomic E-state index is 13.3. The topological polar surface area (TPSA) is 126 Å². The molecule has 1 saturated heterocycles. The molecule has 0 aliphatic carbocycles. The van der Waals surface area contributed by atoms with E-state index >= 15 is 0 Å². The van der Waals surface area contributed by atoms with Gasteiger partial charge in [-0.2, -0.15) is 9.57 Å². The predicted octanol–water partition coefficient (Wildman–Crippen LogP) is 3.32. The van der Waals surface area contributed by atoms with Crippen molar-refractivity contribution >= 4 is 27.6 Å². The molecule has 0 spiro atoms. The molecule has 0 saturated carbocycles. The van der Waals surface area contributed by atoms with Gasteiger partial charge in [0.2, 0.25) is 10.0 Å². The lowest BCUT2D eigenvalue weighted by molar-refractivity contribution is -0.123. The summed E-state index contributed by atoms with van der Waals surface area (Å²) in [4.78, 5) is 25.0. The van der Waals surface area contributed by atoms with Crippen LogP contribution in [0.4, 0.5) is 5.69 Å². The number of carbonyl (C=O) groups is 2. The Kier molecular flexibility index (Phi) is 8.26. The smallest absolute Gasteiger partial charge is 0.338 e.